The molecule has 4 rings (SSSR count). The van der Waals surface area contributed by atoms with Crippen LogP contribution in [0.25, 0.3) is 0 Å². The zero-order valence-corrected chi connectivity index (χ0v) is 14.3. The van der Waals surface area contributed by atoms with Gasteiger partial charge in [0.1, 0.15) is 5.82 Å². The maximum absolute atomic E-state index is 12.7. The third-order valence-corrected chi connectivity index (χ3v) is 4.78. The summed E-state index contributed by atoms with van der Waals surface area (Å²) in [5, 5.41) is 6.73. The number of urea groups is 1. The number of anilines is 1. The molecule has 8 nitrogen and oxygen atoms in total. The molecule has 1 fully saturated rings. The molecule has 132 valence electrons. The number of aromatic nitrogens is 3. The molecule has 2 aliphatic heterocycles. The highest BCUT2D eigenvalue weighted by atomic mass is 16.5. The summed E-state index contributed by atoms with van der Waals surface area (Å²) in [6.07, 6.45) is 4.61. The van der Waals surface area contributed by atoms with Crippen LogP contribution in [-0.4, -0.2) is 51.7 Å². The third kappa shape index (κ3) is 3.29. The summed E-state index contributed by atoms with van der Waals surface area (Å²) < 4.78 is 5.07. The van der Waals surface area contributed by atoms with E-state index in [0.29, 0.717) is 37.3 Å². The Morgan fingerprint density at radius 1 is 1.48 bits per heavy atom. The van der Waals surface area contributed by atoms with Crippen molar-refractivity contribution in [1.29, 1.82) is 0 Å². The van der Waals surface area contributed by atoms with Crippen molar-refractivity contribution in [2.24, 2.45) is 0 Å². The van der Waals surface area contributed by atoms with Gasteiger partial charge in [-0.3, -0.25) is 0 Å². The molecule has 0 saturated carbocycles. The van der Waals surface area contributed by atoms with E-state index >= 15 is 0 Å². The number of nitrogens with one attached hydrogen (secondary N) is 1. The largest absolute Gasteiger partial charge is 0.352 e. The molecule has 0 bridgehead atoms. The molecule has 25 heavy (non-hydrogen) atoms. The number of nitrogens with zero attached hydrogens (tertiary/aromatic N) is 5. The van der Waals surface area contributed by atoms with Crippen LogP contribution in [0.3, 0.4) is 0 Å². The molecule has 2 aromatic rings. The number of aryl methyl sites for hydroxylation is 1. The van der Waals surface area contributed by atoms with Crippen molar-refractivity contribution in [3.63, 3.8) is 0 Å². The number of carbonyl (C=O) groups is 1. The van der Waals surface area contributed by atoms with E-state index in [1.54, 1.807) is 6.92 Å². The summed E-state index contributed by atoms with van der Waals surface area (Å²) in [6, 6.07) is 4.29. The van der Waals surface area contributed by atoms with E-state index in [-0.39, 0.29) is 6.03 Å². The van der Waals surface area contributed by atoms with Crippen molar-refractivity contribution in [1.82, 2.24) is 25.3 Å². The predicted molar refractivity (Wildman–Crippen MR) is 91.2 cm³/mol. The van der Waals surface area contributed by atoms with Crippen LogP contribution in [0.1, 0.15) is 30.1 Å². The maximum Gasteiger partial charge on any atom is 0.317 e. The molecule has 1 N–H and O–H groups in total. The Hall–Kier alpha value is -2.64. The molecule has 0 spiro atoms. The lowest BCUT2D eigenvalue weighted by atomic mass is 10.2. The van der Waals surface area contributed by atoms with E-state index in [4.69, 9.17) is 4.52 Å². The van der Waals surface area contributed by atoms with E-state index in [0.717, 1.165) is 37.3 Å². The number of pyridine rings is 1. The first-order valence-corrected chi connectivity index (χ1v) is 8.73. The number of amides is 2. The SMILES string of the molecule is Cc1noc(CCNC(=O)N2Cc3cccnc3N3CCC[C@@H]3C2)n1. The number of fused-ring (bicyclic) bond motifs is 3. The normalized spacial score (nSPS) is 19.3. The van der Waals surface area contributed by atoms with Gasteiger partial charge in [-0.15, -0.1) is 0 Å². The highest BCUT2D eigenvalue weighted by Crippen LogP contribution is 2.31. The van der Waals surface area contributed by atoms with Gasteiger partial charge in [-0.05, 0) is 25.8 Å². The molecule has 0 aliphatic carbocycles. The van der Waals surface area contributed by atoms with Crippen molar-refractivity contribution >= 4 is 11.8 Å². The Balaban J connectivity index is 1.42. The lowest BCUT2D eigenvalue weighted by Crippen LogP contribution is -2.45. The molecule has 4 heterocycles. The molecule has 0 radical (unpaired) electrons. The molecular weight excluding hydrogens is 320 g/mol. The fourth-order valence-corrected chi connectivity index (χ4v) is 3.63. The van der Waals surface area contributed by atoms with Crippen molar-refractivity contribution in [3.05, 3.63) is 35.6 Å². The minimum Gasteiger partial charge on any atom is -0.352 e. The quantitative estimate of drug-likeness (QED) is 0.910. The molecule has 2 aliphatic rings. The molecular formula is C17H22N6O2. The second kappa shape index (κ2) is 6.70. The van der Waals surface area contributed by atoms with E-state index < -0.39 is 0 Å². The van der Waals surface area contributed by atoms with E-state index in [1.807, 2.05) is 17.2 Å². The van der Waals surface area contributed by atoms with Gasteiger partial charge < -0.3 is 19.6 Å². The Morgan fingerprint density at radius 3 is 3.24 bits per heavy atom. The van der Waals surface area contributed by atoms with Crippen LogP contribution >= 0.6 is 0 Å². The lowest BCUT2D eigenvalue weighted by molar-refractivity contribution is 0.193. The molecule has 2 amide bonds. The first-order valence-electron chi connectivity index (χ1n) is 8.73. The monoisotopic (exact) mass is 342 g/mol. The van der Waals surface area contributed by atoms with Crippen molar-refractivity contribution in [3.8, 4) is 0 Å². The van der Waals surface area contributed by atoms with Gasteiger partial charge in [-0.2, -0.15) is 4.98 Å². The minimum atomic E-state index is -0.0557. The summed E-state index contributed by atoms with van der Waals surface area (Å²) in [4.78, 5) is 25.6. The second-order valence-electron chi connectivity index (χ2n) is 6.57. The maximum atomic E-state index is 12.7. The standard InChI is InChI=1S/C17H22N6O2/c1-12-20-15(25-21-12)6-8-19-17(24)22-10-13-4-2-7-18-16(13)23-9-3-5-14(23)11-22/h2,4,7,14H,3,5-6,8-11H2,1H3,(H,19,24)/t14-/m1/s1. The highest BCUT2D eigenvalue weighted by Gasteiger charge is 2.33. The van der Waals surface area contributed by atoms with Crippen LogP contribution in [0.15, 0.2) is 22.9 Å². The summed E-state index contributed by atoms with van der Waals surface area (Å²) in [5.41, 5.74) is 1.11. The Bertz CT molecular complexity index is 761. The molecule has 0 aromatic carbocycles. The smallest absolute Gasteiger partial charge is 0.317 e. The van der Waals surface area contributed by atoms with Crippen LogP contribution in [0.4, 0.5) is 10.6 Å². The Morgan fingerprint density at radius 2 is 2.40 bits per heavy atom. The fourth-order valence-electron chi connectivity index (χ4n) is 3.63. The van der Waals surface area contributed by atoms with Crippen LogP contribution in [0.5, 0.6) is 0 Å². The van der Waals surface area contributed by atoms with Gasteiger partial charge in [-0.1, -0.05) is 11.2 Å². The number of hydrogen-bond acceptors (Lipinski definition) is 6. The highest BCUT2D eigenvalue weighted by molar-refractivity contribution is 5.75. The zero-order valence-electron chi connectivity index (χ0n) is 14.3. The summed E-state index contributed by atoms with van der Waals surface area (Å²) in [6.45, 7) is 4.58. The van der Waals surface area contributed by atoms with Crippen LogP contribution < -0.4 is 10.2 Å². The molecule has 2 aromatic heterocycles. The van der Waals surface area contributed by atoms with Gasteiger partial charge in [0.05, 0.1) is 6.54 Å². The molecule has 1 atom stereocenters. The predicted octanol–water partition coefficient (Wildman–Crippen LogP) is 1.51. The second-order valence-corrected chi connectivity index (χ2v) is 6.57. The first-order chi connectivity index (χ1) is 12.2. The summed E-state index contributed by atoms with van der Waals surface area (Å²) >= 11 is 0. The molecule has 0 unspecified atom stereocenters. The van der Waals surface area contributed by atoms with E-state index in [9.17, 15) is 4.79 Å². The number of hydrogen-bond donors (Lipinski definition) is 1. The van der Waals surface area contributed by atoms with Crippen molar-refractivity contribution < 1.29 is 9.32 Å². The fraction of sp³-hybridized carbons (Fsp3) is 0.529. The Kier molecular flexibility index (Phi) is 4.25. The average Bonchev–Trinajstić information content (AvgIpc) is 3.20. The third-order valence-electron chi connectivity index (χ3n) is 4.78. The van der Waals surface area contributed by atoms with Crippen LogP contribution in [0, 0.1) is 6.92 Å². The zero-order chi connectivity index (χ0) is 17.2. The summed E-state index contributed by atoms with van der Waals surface area (Å²) in [7, 11) is 0. The first kappa shape index (κ1) is 15.9. The summed E-state index contributed by atoms with van der Waals surface area (Å²) in [5.74, 6) is 2.19. The number of carbonyl (C=O) groups excluding carboxylic acids is 1. The van der Waals surface area contributed by atoms with E-state index in [1.165, 1.54) is 0 Å². The van der Waals surface area contributed by atoms with Gasteiger partial charge in [-0.25, -0.2) is 9.78 Å². The lowest BCUT2D eigenvalue weighted by Gasteiger charge is -2.27. The Labute approximate surface area is 146 Å². The van der Waals surface area contributed by atoms with Gasteiger partial charge in [0.2, 0.25) is 5.89 Å². The number of rotatable bonds is 3. The van der Waals surface area contributed by atoms with Crippen molar-refractivity contribution in [2.45, 2.75) is 38.8 Å². The van der Waals surface area contributed by atoms with Crippen LogP contribution in [0.2, 0.25) is 0 Å². The van der Waals surface area contributed by atoms with E-state index in [2.05, 4.69) is 31.4 Å². The van der Waals surface area contributed by atoms with Crippen LogP contribution in [-0.2, 0) is 13.0 Å². The average molecular weight is 342 g/mol. The van der Waals surface area contributed by atoms with Gasteiger partial charge >= 0.3 is 6.03 Å². The molecule has 8 heteroatoms. The van der Waals surface area contributed by atoms with Crippen molar-refractivity contribution in [2.75, 3.05) is 24.5 Å². The topological polar surface area (TPSA) is 87.4 Å². The van der Waals surface area contributed by atoms with Gasteiger partial charge in [0.15, 0.2) is 5.82 Å². The molecule has 1 saturated heterocycles. The van der Waals surface area contributed by atoms with Gasteiger partial charge in [0, 0.05) is 43.9 Å². The van der Waals surface area contributed by atoms with Gasteiger partial charge in [0.25, 0.3) is 0 Å². The minimum absolute atomic E-state index is 0.0557.